The van der Waals surface area contributed by atoms with Gasteiger partial charge in [0.05, 0.1) is 11.1 Å². The van der Waals surface area contributed by atoms with Crippen molar-refractivity contribution in [3.63, 3.8) is 0 Å². The van der Waals surface area contributed by atoms with Crippen LogP contribution >= 0.6 is 0 Å². The van der Waals surface area contributed by atoms with Crippen LogP contribution in [0.2, 0.25) is 0 Å². The Bertz CT molecular complexity index is 619. The molecule has 4 nitrogen and oxygen atoms in total. The highest BCUT2D eigenvalue weighted by Crippen LogP contribution is 2.26. The van der Waals surface area contributed by atoms with Gasteiger partial charge in [-0.05, 0) is 30.9 Å². The van der Waals surface area contributed by atoms with Crippen molar-refractivity contribution in [3.05, 3.63) is 36.0 Å². The summed E-state index contributed by atoms with van der Waals surface area (Å²) in [6, 6.07) is 8.00. The molecule has 0 radical (unpaired) electrons. The van der Waals surface area contributed by atoms with Gasteiger partial charge in [-0.15, -0.1) is 0 Å². The third kappa shape index (κ3) is 2.10. The molecule has 106 valence electrons. The van der Waals surface area contributed by atoms with Crippen LogP contribution in [0.1, 0.15) is 30.1 Å². The van der Waals surface area contributed by atoms with E-state index in [4.69, 9.17) is 5.73 Å². The number of fused-ring (bicyclic) bond motifs is 1. The molecule has 4 heteroatoms. The average molecular weight is 271 g/mol. The predicted octanol–water partition coefficient (Wildman–Crippen LogP) is 2.37. The smallest absolute Gasteiger partial charge is 0.256 e. The number of para-hydroxylation sites is 1. The minimum atomic E-state index is 0.0973. The molecule has 2 unspecified atom stereocenters. The number of carbonyl (C=O) groups excluding carboxylic acids is 1. The minimum Gasteiger partial charge on any atom is -0.361 e. The maximum atomic E-state index is 12.9. The number of hydrogen-bond donors (Lipinski definition) is 2. The molecule has 0 aliphatic carbocycles. The molecule has 2 aromatic rings. The number of piperidine rings is 1. The molecule has 2 atom stereocenters. The SMILES string of the molecule is CC1CCCN(C(=O)c2cccc3cc[nH]c23)C1CN. The Hall–Kier alpha value is -1.81. The number of aromatic nitrogens is 1. The first-order chi connectivity index (χ1) is 9.72. The van der Waals surface area contributed by atoms with E-state index in [1.54, 1.807) is 0 Å². The van der Waals surface area contributed by atoms with Crippen molar-refractivity contribution in [1.82, 2.24) is 9.88 Å². The van der Waals surface area contributed by atoms with E-state index >= 15 is 0 Å². The Morgan fingerprint density at radius 2 is 2.30 bits per heavy atom. The Morgan fingerprint density at radius 1 is 1.45 bits per heavy atom. The number of nitrogens with one attached hydrogen (secondary N) is 1. The van der Waals surface area contributed by atoms with E-state index < -0.39 is 0 Å². The van der Waals surface area contributed by atoms with Gasteiger partial charge in [-0.3, -0.25) is 4.79 Å². The van der Waals surface area contributed by atoms with Crippen molar-refractivity contribution < 1.29 is 4.79 Å². The van der Waals surface area contributed by atoms with Gasteiger partial charge in [-0.1, -0.05) is 19.1 Å². The summed E-state index contributed by atoms with van der Waals surface area (Å²) in [5.41, 5.74) is 7.56. The molecular weight excluding hydrogens is 250 g/mol. The second-order valence-electron chi connectivity index (χ2n) is 5.67. The van der Waals surface area contributed by atoms with E-state index in [1.807, 2.05) is 35.4 Å². The minimum absolute atomic E-state index is 0.0973. The molecule has 0 saturated carbocycles. The topological polar surface area (TPSA) is 62.1 Å². The molecule has 1 aliphatic heterocycles. The lowest BCUT2D eigenvalue weighted by Crippen LogP contribution is -2.51. The Kier molecular flexibility index (Phi) is 3.49. The Morgan fingerprint density at radius 3 is 3.10 bits per heavy atom. The van der Waals surface area contributed by atoms with E-state index in [1.165, 1.54) is 0 Å². The quantitative estimate of drug-likeness (QED) is 0.881. The maximum absolute atomic E-state index is 12.9. The zero-order valence-electron chi connectivity index (χ0n) is 11.8. The summed E-state index contributed by atoms with van der Waals surface area (Å²) in [6.07, 6.45) is 4.09. The van der Waals surface area contributed by atoms with Gasteiger partial charge in [0, 0.05) is 30.7 Å². The van der Waals surface area contributed by atoms with E-state index in [-0.39, 0.29) is 11.9 Å². The first-order valence-electron chi connectivity index (χ1n) is 7.29. The number of H-pyrrole nitrogens is 1. The molecule has 3 N–H and O–H groups in total. The molecule has 0 spiro atoms. The summed E-state index contributed by atoms with van der Waals surface area (Å²) in [5.74, 6) is 0.570. The fourth-order valence-electron chi connectivity index (χ4n) is 3.28. The molecule has 1 aromatic heterocycles. The van der Waals surface area contributed by atoms with Crippen molar-refractivity contribution in [2.24, 2.45) is 11.7 Å². The van der Waals surface area contributed by atoms with Gasteiger partial charge in [0.2, 0.25) is 0 Å². The molecule has 1 aliphatic rings. The summed E-state index contributed by atoms with van der Waals surface area (Å²) < 4.78 is 0. The lowest BCUT2D eigenvalue weighted by atomic mass is 9.90. The van der Waals surface area contributed by atoms with Crippen molar-refractivity contribution in [2.75, 3.05) is 13.1 Å². The van der Waals surface area contributed by atoms with Crippen LogP contribution in [0.25, 0.3) is 10.9 Å². The number of nitrogens with two attached hydrogens (primary N) is 1. The standard InChI is InChI=1S/C16H21N3O/c1-11-4-3-9-19(14(11)10-17)16(20)13-6-2-5-12-7-8-18-15(12)13/h2,5-8,11,14,18H,3-4,9-10,17H2,1H3. The molecule has 1 amide bonds. The van der Waals surface area contributed by atoms with Crippen LogP contribution in [0, 0.1) is 5.92 Å². The van der Waals surface area contributed by atoms with Gasteiger partial charge in [0.1, 0.15) is 0 Å². The zero-order chi connectivity index (χ0) is 14.1. The van der Waals surface area contributed by atoms with Gasteiger partial charge in [-0.25, -0.2) is 0 Å². The van der Waals surface area contributed by atoms with Crippen molar-refractivity contribution in [1.29, 1.82) is 0 Å². The van der Waals surface area contributed by atoms with Crippen LogP contribution < -0.4 is 5.73 Å². The van der Waals surface area contributed by atoms with Crippen LogP contribution in [-0.4, -0.2) is 34.9 Å². The highest BCUT2D eigenvalue weighted by atomic mass is 16.2. The number of likely N-dealkylation sites (tertiary alicyclic amines) is 1. The van der Waals surface area contributed by atoms with Crippen LogP contribution in [0.5, 0.6) is 0 Å². The summed E-state index contributed by atoms with van der Waals surface area (Å²) in [4.78, 5) is 18.0. The number of nitrogens with zero attached hydrogens (tertiary/aromatic N) is 1. The maximum Gasteiger partial charge on any atom is 0.256 e. The monoisotopic (exact) mass is 271 g/mol. The molecule has 1 fully saturated rings. The molecule has 20 heavy (non-hydrogen) atoms. The van der Waals surface area contributed by atoms with E-state index in [9.17, 15) is 4.79 Å². The summed E-state index contributed by atoms with van der Waals surface area (Å²) in [7, 11) is 0. The van der Waals surface area contributed by atoms with Crippen LogP contribution in [0.15, 0.2) is 30.5 Å². The molecule has 1 aromatic carbocycles. The van der Waals surface area contributed by atoms with Crippen LogP contribution in [0.3, 0.4) is 0 Å². The molecule has 3 rings (SSSR count). The third-order valence-electron chi connectivity index (χ3n) is 4.44. The number of aromatic amines is 1. The van der Waals surface area contributed by atoms with Gasteiger partial charge in [0.25, 0.3) is 5.91 Å². The normalized spacial score (nSPS) is 23.2. The van der Waals surface area contributed by atoms with Gasteiger partial charge < -0.3 is 15.6 Å². The lowest BCUT2D eigenvalue weighted by Gasteiger charge is -2.39. The lowest BCUT2D eigenvalue weighted by molar-refractivity contribution is 0.0534. The van der Waals surface area contributed by atoms with Crippen LogP contribution in [0.4, 0.5) is 0 Å². The first-order valence-corrected chi connectivity index (χ1v) is 7.29. The Labute approximate surface area is 118 Å². The van der Waals surface area contributed by atoms with Gasteiger partial charge >= 0.3 is 0 Å². The number of carbonyl (C=O) groups is 1. The van der Waals surface area contributed by atoms with E-state index in [0.717, 1.165) is 35.9 Å². The van der Waals surface area contributed by atoms with Gasteiger partial charge in [-0.2, -0.15) is 0 Å². The fourth-order valence-corrected chi connectivity index (χ4v) is 3.28. The molecule has 0 bridgehead atoms. The molecular formula is C16H21N3O. The summed E-state index contributed by atoms with van der Waals surface area (Å²) in [5, 5.41) is 1.07. The predicted molar refractivity (Wildman–Crippen MR) is 80.6 cm³/mol. The van der Waals surface area contributed by atoms with Crippen molar-refractivity contribution in [3.8, 4) is 0 Å². The fraction of sp³-hybridized carbons (Fsp3) is 0.438. The second kappa shape index (κ2) is 5.29. The number of benzene rings is 1. The average Bonchev–Trinajstić information content (AvgIpc) is 2.94. The zero-order valence-corrected chi connectivity index (χ0v) is 11.8. The second-order valence-corrected chi connectivity index (χ2v) is 5.67. The molecule has 1 saturated heterocycles. The van der Waals surface area contributed by atoms with E-state index in [2.05, 4.69) is 11.9 Å². The third-order valence-corrected chi connectivity index (χ3v) is 4.44. The number of rotatable bonds is 2. The summed E-state index contributed by atoms with van der Waals surface area (Å²) >= 11 is 0. The highest BCUT2D eigenvalue weighted by molar-refractivity contribution is 6.05. The highest BCUT2D eigenvalue weighted by Gasteiger charge is 2.31. The molecule has 2 heterocycles. The van der Waals surface area contributed by atoms with E-state index in [0.29, 0.717) is 12.5 Å². The number of hydrogen-bond acceptors (Lipinski definition) is 2. The Balaban J connectivity index is 1.97. The van der Waals surface area contributed by atoms with Crippen LogP contribution in [-0.2, 0) is 0 Å². The largest absolute Gasteiger partial charge is 0.361 e. The number of amides is 1. The van der Waals surface area contributed by atoms with Crippen molar-refractivity contribution in [2.45, 2.75) is 25.8 Å². The van der Waals surface area contributed by atoms with Gasteiger partial charge in [0.15, 0.2) is 0 Å². The van der Waals surface area contributed by atoms with Crippen molar-refractivity contribution >= 4 is 16.8 Å². The summed E-state index contributed by atoms with van der Waals surface area (Å²) in [6.45, 7) is 3.53. The first kappa shape index (κ1) is 13.2.